The van der Waals surface area contributed by atoms with E-state index in [1.807, 2.05) is 18.2 Å². The quantitative estimate of drug-likeness (QED) is 0.886. The van der Waals surface area contributed by atoms with E-state index in [0.717, 1.165) is 15.7 Å². The molecule has 2 rings (SSSR count). The van der Waals surface area contributed by atoms with Crippen molar-refractivity contribution in [1.29, 1.82) is 0 Å². The van der Waals surface area contributed by atoms with Crippen molar-refractivity contribution in [1.82, 2.24) is 9.97 Å². The Morgan fingerprint density at radius 2 is 1.85 bits per heavy atom. The van der Waals surface area contributed by atoms with Crippen molar-refractivity contribution in [3.05, 3.63) is 39.6 Å². The number of hydrogen-bond donors (Lipinski definition) is 1. The number of nitrogens with one attached hydrogen (secondary N) is 1. The zero-order valence-electron chi connectivity index (χ0n) is 11.0. The van der Waals surface area contributed by atoms with Gasteiger partial charge >= 0.3 is 0 Å². The monoisotopic (exact) mass is 357 g/mol. The largest absolute Gasteiger partial charge is 0.481 e. The molecule has 1 heterocycles. The van der Waals surface area contributed by atoms with E-state index in [0.29, 0.717) is 23.3 Å². The lowest BCUT2D eigenvalue weighted by Crippen LogP contribution is -2.07. The molecule has 0 spiro atoms. The van der Waals surface area contributed by atoms with Gasteiger partial charge in [-0.15, -0.1) is 0 Å². The highest BCUT2D eigenvalue weighted by atomic mass is 79.9. The van der Waals surface area contributed by atoms with Crippen molar-refractivity contribution in [2.45, 2.75) is 6.54 Å². The zero-order valence-corrected chi connectivity index (χ0v) is 13.3. The third-order valence-electron chi connectivity index (χ3n) is 2.64. The maximum Gasteiger partial charge on any atom is 0.225 e. The Morgan fingerprint density at radius 3 is 2.45 bits per heavy atom. The Balaban J connectivity index is 2.24. The molecule has 0 atom stereocenters. The van der Waals surface area contributed by atoms with Gasteiger partial charge in [0.05, 0.1) is 32.0 Å². The normalized spacial score (nSPS) is 10.2. The second kappa shape index (κ2) is 6.76. The van der Waals surface area contributed by atoms with E-state index < -0.39 is 0 Å². The number of rotatable bonds is 5. The van der Waals surface area contributed by atoms with Crippen molar-refractivity contribution >= 4 is 33.2 Å². The predicted molar refractivity (Wildman–Crippen MR) is 81.6 cm³/mol. The predicted octanol–water partition coefficient (Wildman–Crippen LogP) is 3.52. The third-order valence-corrected chi connectivity index (χ3v) is 3.56. The molecule has 1 aromatic heterocycles. The van der Waals surface area contributed by atoms with Gasteiger partial charge in [0.15, 0.2) is 0 Å². The average molecular weight is 359 g/mol. The molecule has 0 bridgehead atoms. The maximum absolute atomic E-state index is 5.98. The molecule has 0 amide bonds. The SMILES string of the molecule is COc1ncnc(OC)c1CNc1cc(Cl)ccc1Br. The van der Waals surface area contributed by atoms with E-state index in [9.17, 15) is 0 Å². The van der Waals surface area contributed by atoms with E-state index in [1.54, 1.807) is 14.2 Å². The van der Waals surface area contributed by atoms with E-state index in [-0.39, 0.29) is 0 Å². The molecular formula is C13H13BrClN3O2. The Labute approximate surface area is 130 Å². The first-order valence-corrected chi connectivity index (χ1v) is 6.93. The first-order valence-electron chi connectivity index (χ1n) is 5.76. The van der Waals surface area contributed by atoms with Gasteiger partial charge in [0.2, 0.25) is 11.8 Å². The minimum absolute atomic E-state index is 0.451. The van der Waals surface area contributed by atoms with E-state index in [4.69, 9.17) is 21.1 Å². The van der Waals surface area contributed by atoms with Crippen LogP contribution in [0.1, 0.15) is 5.56 Å². The van der Waals surface area contributed by atoms with Gasteiger partial charge in [-0.05, 0) is 34.1 Å². The number of methoxy groups -OCH3 is 2. The van der Waals surface area contributed by atoms with Crippen molar-refractivity contribution < 1.29 is 9.47 Å². The minimum Gasteiger partial charge on any atom is -0.481 e. The molecule has 1 aromatic carbocycles. The molecule has 20 heavy (non-hydrogen) atoms. The summed E-state index contributed by atoms with van der Waals surface area (Å²) in [6.07, 6.45) is 1.40. The second-order valence-electron chi connectivity index (χ2n) is 3.85. The summed E-state index contributed by atoms with van der Waals surface area (Å²) < 4.78 is 11.4. The van der Waals surface area contributed by atoms with Crippen LogP contribution in [-0.4, -0.2) is 24.2 Å². The molecular weight excluding hydrogens is 346 g/mol. The topological polar surface area (TPSA) is 56.3 Å². The second-order valence-corrected chi connectivity index (χ2v) is 5.14. The first-order chi connectivity index (χ1) is 9.65. The summed E-state index contributed by atoms with van der Waals surface area (Å²) in [5.41, 5.74) is 1.61. The van der Waals surface area contributed by atoms with Crippen LogP contribution in [0.25, 0.3) is 0 Å². The molecule has 0 aliphatic carbocycles. The van der Waals surface area contributed by atoms with Gasteiger partial charge in [0.25, 0.3) is 0 Å². The number of benzene rings is 1. The highest BCUT2D eigenvalue weighted by Gasteiger charge is 2.13. The van der Waals surface area contributed by atoms with Crippen LogP contribution in [0.15, 0.2) is 29.0 Å². The molecule has 106 valence electrons. The van der Waals surface area contributed by atoms with Gasteiger partial charge in [0, 0.05) is 9.50 Å². The molecule has 1 N–H and O–H groups in total. The first kappa shape index (κ1) is 14.9. The molecule has 0 aliphatic heterocycles. The Bertz CT molecular complexity index is 588. The summed E-state index contributed by atoms with van der Waals surface area (Å²) >= 11 is 9.44. The highest BCUT2D eigenvalue weighted by Crippen LogP contribution is 2.29. The van der Waals surface area contributed by atoms with Crippen molar-refractivity contribution in [3.63, 3.8) is 0 Å². The Morgan fingerprint density at radius 1 is 1.20 bits per heavy atom. The van der Waals surface area contributed by atoms with E-state index in [1.165, 1.54) is 6.33 Å². The minimum atomic E-state index is 0.451. The van der Waals surface area contributed by atoms with Crippen molar-refractivity contribution in [2.75, 3.05) is 19.5 Å². The number of hydrogen-bond acceptors (Lipinski definition) is 5. The number of aromatic nitrogens is 2. The lowest BCUT2D eigenvalue weighted by atomic mass is 10.2. The fourth-order valence-corrected chi connectivity index (χ4v) is 2.26. The van der Waals surface area contributed by atoms with Crippen LogP contribution in [0, 0.1) is 0 Å². The molecule has 0 fully saturated rings. The average Bonchev–Trinajstić information content (AvgIpc) is 2.47. The lowest BCUT2D eigenvalue weighted by Gasteiger charge is -2.13. The highest BCUT2D eigenvalue weighted by molar-refractivity contribution is 9.10. The van der Waals surface area contributed by atoms with Crippen LogP contribution in [-0.2, 0) is 6.54 Å². The molecule has 0 saturated carbocycles. The maximum atomic E-state index is 5.98. The van der Waals surface area contributed by atoms with Gasteiger partial charge in [-0.2, -0.15) is 0 Å². The molecule has 5 nitrogen and oxygen atoms in total. The summed E-state index contributed by atoms with van der Waals surface area (Å²) in [4.78, 5) is 8.13. The fourth-order valence-electron chi connectivity index (χ4n) is 1.70. The molecule has 0 saturated heterocycles. The van der Waals surface area contributed by atoms with Crippen LogP contribution in [0.3, 0.4) is 0 Å². The number of anilines is 1. The summed E-state index contributed by atoms with van der Waals surface area (Å²) in [6, 6.07) is 5.51. The van der Waals surface area contributed by atoms with Crippen LogP contribution in [0.2, 0.25) is 5.02 Å². The number of ether oxygens (including phenoxy) is 2. The van der Waals surface area contributed by atoms with Crippen molar-refractivity contribution in [3.8, 4) is 11.8 Å². The third kappa shape index (κ3) is 3.32. The number of halogens is 2. The van der Waals surface area contributed by atoms with Gasteiger partial charge in [0.1, 0.15) is 6.33 Å². The fraction of sp³-hybridized carbons (Fsp3) is 0.231. The number of nitrogens with zero attached hydrogens (tertiary/aromatic N) is 2. The lowest BCUT2D eigenvalue weighted by molar-refractivity contribution is 0.363. The van der Waals surface area contributed by atoms with Gasteiger partial charge < -0.3 is 14.8 Å². The van der Waals surface area contributed by atoms with Crippen LogP contribution in [0.5, 0.6) is 11.8 Å². The summed E-state index contributed by atoms with van der Waals surface area (Å²) in [5, 5.41) is 3.90. The van der Waals surface area contributed by atoms with Gasteiger partial charge in [-0.25, -0.2) is 9.97 Å². The smallest absolute Gasteiger partial charge is 0.225 e. The summed E-state index contributed by atoms with van der Waals surface area (Å²) in [7, 11) is 3.11. The molecule has 2 aromatic rings. The van der Waals surface area contributed by atoms with Crippen LogP contribution in [0.4, 0.5) is 5.69 Å². The Hall–Kier alpha value is -1.53. The van der Waals surface area contributed by atoms with Gasteiger partial charge in [-0.3, -0.25) is 0 Å². The van der Waals surface area contributed by atoms with Crippen molar-refractivity contribution in [2.24, 2.45) is 0 Å². The summed E-state index contributed by atoms with van der Waals surface area (Å²) in [5.74, 6) is 0.949. The molecule has 0 unspecified atom stereocenters. The molecule has 7 heteroatoms. The standard InChI is InChI=1S/C13H13BrClN3O2/c1-19-12-9(13(20-2)18-7-17-12)6-16-11-5-8(15)3-4-10(11)14/h3-5,7,16H,6H2,1-2H3. The van der Waals surface area contributed by atoms with E-state index >= 15 is 0 Å². The van der Waals surface area contributed by atoms with Crippen LogP contribution < -0.4 is 14.8 Å². The van der Waals surface area contributed by atoms with Gasteiger partial charge in [-0.1, -0.05) is 11.6 Å². The molecule has 0 aliphatic rings. The zero-order chi connectivity index (χ0) is 14.5. The van der Waals surface area contributed by atoms with E-state index in [2.05, 4.69) is 31.2 Å². The van der Waals surface area contributed by atoms with Crippen LogP contribution >= 0.6 is 27.5 Å². The Kier molecular flexibility index (Phi) is 5.03. The molecule has 0 radical (unpaired) electrons. The summed E-state index contributed by atoms with van der Waals surface area (Å²) in [6.45, 7) is 0.451.